The Hall–Kier alpha value is -8.61. The predicted octanol–water partition coefficient (Wildman–Crippen LogP) is 15.4. The molecule has 0 amide bonds. The number of aromatic nitrogens is 6. The highest BCUT2D eigenvalue weighted by Gasteiger charge is 2.24. The Morgan fingerprint density at radius 2 is 0.657 bits per heavy atom. The number of hydrogen-bond donors (Lipinski definition) is 0. The first kappa shape index (κ1) is 38.8. The Balaban J connectivity index is 1.10. The van der Waals surface area contributed by atoms with Crippen LogP contribution in [-0.4, -0.2) is 28.7 Å². The second-order valence-corrected chi connectivity index (χ2v) is 17.9. The van der Waals surface area contributed by atoms with E-state index in [2.05, 4.69) is 227 Å². The van der Waals surface area contributed by atoms with Crippen LogP contribution in [0.5, 0.6) is 0 Å². The molecule has 0 saturated heterocycles. The summed E-state index contributed by atoms with van der Waals surface area (Å²) >= 11 is 0. The van der Waals surface area contributed by atoms with Crippen molar-refractivity contribution in [3.63, 3.8) is 0 Å². The van der Waals surface area contributed by atoms with Crippen LogP contribution < -0.4 is 0 Å². The van der Waals surface area contributed by atoms with Crippen LogP contribution in [0.3, 0.4) is 0 Å². The molecule has 6 heteroatoms. The van der Waals surface area contributed by atoms with Gasteiger partial charge in [0.05, 0.1) is 38.8 Å². The molecule has 0 fully saturated rings. The fourth-order valence-electron chi connectivity index (χ4n) is 10.7. The molecule has 318 valence electrons. The molecule has 6 nitrogen and oxygen atoms in total. The van der Waals surface area contributed by atoms with Gasteiger partial charge >= 0.3 is 0 Å². The van der Waals surface area contributed by atoms with Crippen LogP contribution in [0.15, 0.2) is 194 Å². The van der Waals surface area contributed by atoms with Crippen molar-refractivity contribution in [3.8, 4) is 50.7 Å². The van der Waals surface area contributed by atoms with E-state index < -0.39 is 0 Å². The fraction of sp³-hybridized carbons (Fsp3) is 0.0656. The van der Waals surface area contributed by atoms with Crippen LogP contribution in [0.1, 0.15) is 22.8 Å². The molecule has 0 N–H and O–H groups in total. The molecule has 0 saturated carbocycles. The third-order valence-corrected chi connectivity index (χ3v) is 13.6. The molecule has 0 spiro atoms. The van der Waals surface area contributed by atoms with Crippen molar-refractivity contribution in [2.45, 2.75) is 27.7 Å². The van der Waals surface area contributed by atoms with Crippen LogP contribution >= 0.6 is 0 Å². The van der Waals surface area contributed by atoms with Crippen LogP contribution in [-0.2, 0) is 0 Å². The minimum absolute atomic E-state index is 0.649. The highest BCUT2D eigenvalue weighted by molar-refractivity contribution is 6.12. The summed E-state index contributed by atoms with van der Waals surface area (Å²) in [5, 5.41) is 7.42. The van der Waals surface area contributed by atoms with E-state index in [9.17, 15) is 0 Å². The van der Waals surface area contributed by atoms with E-state index in [1.54, 1.807) is 0 Å². The van der Waals surface area contributed by atoms with Gasteiger partial charge in [0.15, 0.2) is 5.82 Å². The molecular weight excluding hydrogens is 817 g/mol. The molecule has 0 aliphatic heterocycles. The van der Waals surface area contributed by atoms with E-state index in [0.29, 0.717) is 17.5 Å². The lowest BCUT2D eigenvalue weighted by atomic mass is 9.92. The van der Waals surface area contributed by atoms with Crippen molar-refractivity contribution in [3.05, 3.63) is 217 Å². The van der Waals surface area contributed by atoms with Gasteiger partial charge < -0.3 is 13.7 Å². The minimum Gasteiger partial charge on any atom is -0.309 e. The maximum Gasteiger partial charge on any atom is 0.163 e. The van der Waals surface area contributed by atoms with Gasteiger partial charge in [-0.1, -0.05) is 120 Å². The van der Waals surface area contributed by atoms with Crippen molar-refractivity contribution in [1.29, 1.82) is 0 Å². The molecule has 0 radical (unpaired) electrons. The highest BCUT2D eigenvalue weighted by Crippen LogP contribution is 2.45. The normalized spacial score (nSPS) is 11.9. The molecular formula is C61H44N6. The summed E-state index contributed by atoms with van der Waals surface area (Å²) in [6, 6.07) is 71.2. The van der Waals surface area contributed by atoms with Crippen molar-refractivity contribution in [2.75, 3.05) is 0 Å². The highest BCUT2D eigenvalue weighted by atomic mass is 15.0. The molecule has 0 unspecified atom stereocenters. The second kappa shape index (κ2) is 15.0. The molecule has 9 aromatic carbocycles. The van der Waals surface area contributed by atoms with E-state index >= 15 is 0 Å². The average Bonchev–Trinajstić information content (AvgIpc) is 3.99. The van der Waals surface area contributed by atoms with E-state index in [-0.39, 0.29) is 0 Å². The van der Waals surface area contributed by atoms with Crippen molar-refractivity contribution < 1.29 is 0 Å². The van der Waals surface area contributed by atoms with Crippen molar-refractivity contribution in [2.24, 2.45) is 0 Å². The van der Waals surface area contributed by atoms with Crippen molar-refractivity contribution >= 4 is 65.4 Å². The topological polar surface area (TPSA) is 53.5 Å². The summed E-state index contributed by atoms with van der Waals surface area (Å²) in [4.78, 5) is 14.5. The molecule has 0 bridgehead atoms. The Kier molecular flexibility index (Phi) is 8.68. The zero-order chi connectivity index (χ0) is 44.9. The number of fused-ring (bicyclic) bond motifs is 9. The Labute approximate surface area is 387 Å². The van der Waals surface area contributed by atoms with Gasteiger partial charge in [0.25, 0.3) is 0 Å². The first-order valence-corrected chi connectivity index (χ1v) is 22.9. The average molecular weight is 861 g/mol. The smallest absolute Gasteiger partial charge is 0.163 e. The molecule has 13 rings (SSSR count). The predicted molar refractivity (Wildman–Crippen MR) is 278 cm³/mol. The Bertz CT molecular complexity index is 3760. The van der Waals surface area contributed by atoms with E-state index in [0.717, 1.165) is 55.9 Å². The maximum absolute atomic E-state index is 4.96. The second-order valence-electron chi connectivity index (χ2n) is 17.9. The standard InChI is InChI=1S/C61H44N6/c1-37-21-31-58-52(33-37)53-34-38(2)22-32-59(53)67(58)60-50(41-23-27-44(28-24-41)65-54-17-9-5-13-46(54)47-14-6-10-18-55(47)65)35-43(61-63-39(3)62-40(4)64-61)36-51(60)42-25-29-45(30-26-42)66-56-19-11-7-15-48(56)49-16-8-12-20-57(49)66/h5-36H,1-4H3. The summed E-state index contributed by atoms with van der Waals surface area (Å²) in [5.41, 5.74) is 18.0. The molecule has 0 aliphatic rings. The first-order valence-electron chi connectivity index (χ1n) is 22.9. The summed E-state index contributed by atoms with van der Waals surface area (Å²) in [6.07, 6.45) is 0. The number of hydrogen-bond acceptors (Lipinski definition) is 3. The molecule has 13 aromatic rings. The summed E-state index contributed by atoms with van der Waals surface area (Å²) < 4.78 is 7.25. The Morgan fingerprint density at radius 3 is 1.04 bits per heavy atom. The third kappa shape index (κ3) is 6.14. The number of benzene rings is 9. The van der Waals surface area contributed by atoms with Gasteiger partial charge in [-0.2, -0.15) is 0 Å². The van der Waals surface area contributed by atoms with Gasteiger partial charge in [-0.3, -0.25) is 0 Å². The lowest BCUT2D eigenvalue weighted by Gasteiger charge is -2.21. The molecule has 4 heterocycles. The SMILES string of the molecule is Cc1ccc2c(c1)c1cc(C)ccc1n2-c1c(-c2ccc(-n3c4ccccc4c4ccccc43)cc2)cc(-c2nc(C)nc(C)n2)cc1-c1ccc(-n2c3ccccc3c3ccccc32)cc1. The molecule has 67 heavy (non-hydrogen) atoms. The van der Waals surface area contributed by atoms with Crippen LogP contribution in [0.25, 0.3) is 116 Å². The summed E-state index contributed by atoms with van der Waals surface area (Å²) in [5.74, 6) is 2.03. The summed E-state index contributed by atoms with van der Waals surface area (Å²) in [7, 11) is 0. The number of para-hydroxylation sites is 4. The van der Waals surface area contributed by atoms with Gasteiger partial charge in [-0.25, -0.2) is 15.0 Å². The maximum atomic E-state index is 4.96. The van der Waals surface area contributed by atoms with Gasteiger partial charge in [0, 0.05) is 60.4 Å². The zero-order valence-electron chi connectivity index (χ0n) is 37.7. The lowest BCUT2D eigenvalue weighted by Crippen LogP contribution is -2.04. The van der Waals surface area contributed by atoms with Gasteiger partial charge in [-0.15, -0.1) is 0 Å². The number of aryl methyl sites for hydroxylation is 4. The molecule has 0 atom stereocenters. The molecule has 4 aromatic heterocycles. The largest absolute Gasteiger partial charge is 0.309 e. The molecule has 0 aliphatic carbocycles. The minimum atomic E-state index is 0.649. The van der Waals surface area contributed by atoms with Gasteiger partial charge in [0.1, 0.15) is 11.6 Å². The summed E-state index contributed by atoms with van der Waals surface area (Å²) in [6.45, 7) is 8.24. The van der Waals surface area contributed by atoms with Gasteiger partial charge in [0.2, 0.25) is 0 Å². The van der Waals surface area contributed by atoms with Crippen LogP contribution in [0.4, 0.5) is 0 Å². The fourth-order valence-corrected chi connectivity index (χ4v) is 10.7. The third-order valence-electron chi connectivity index (χ3n) is 13.6. The van der Waals surface area contributed by atoms with E-state index in [4.69, 9.17) is 9.97 Å². The van der Waals surface area contributed by atoms with Crippen LogP contribution in [0.2, 0.25) is 0 Å². The lowest BCUT2D eigenvalue weighted by molar-refractivity contribution is 0.928. The van der Waals surface area contributed by atoms with Crippen LogP contribution in [0, 0.1) is 27.7 Å². The number of nitrogens with zero attached hydrogens (tertiary/aromatic N) is 6. The first-order chi connectivity index (χ1) is 32.9. The van der Waals surface area contributed by atoms with Gasteiger partial charge in [-0.05, 0) is 124 Å². The van der Waals surface area contributed by atoms with Crippen molar-refractivity contribution in [1.82, 2.24) is 28.7 Å². The monoisotopic (exact) mass is 860 g/mol. The zero-order valence-corrected chi connectivity index (χ0v) is 37.7. The Morgan fingerprint density at radius 1 is 0.299 bits per heavy atom. The quantitative estimate of drug-likeness (QED) is 0.167. The van der Waals surface area contributed by atoms with E-state index in [1.807, 2.05) is 13.8 Å². The van der Waals surface area contributed by atoms with E-state index in [1.165, 1.54) is 65.5 Å². The number of rotatable bonds is 6.